The first kappa shape index (κ1) is 24.5. The number of nitrogens with one attached hydrogen (secondary N) is 1. The van der Waals surface area contributed by atoms with Gasteiger partial charge in [0.2, 0.25) is 5.91 Å². The first-order valence-electron chi connectivity index (χ1n) is 12.8. The molecule has 1 N–H and O–H groups in total. The zero-order valence-electron chi connectivity index (χ0n) is 20.7. The Balaban J connectivity index is 1.29. The molecule has 2 aromatic carbocycles. The van der Waals surface area contributed by atoms with Crippen LogP contribution in [0.4, 0.5) is 4.39 Å². The summed E-state index contributed by atoms with van der Waals surface area (Å²) in [6.45, 7) is 7.34. The number of carbonyl (C=O) groups excluding carboxylic acids is 1. The molecule has 1 saturated heterocycles. The Morgan fingerprint density at radius 1 is 1.19 bits per heavy atom. The van der Waals surface area contributed by atoms with E-state index in [0.29, 0.717) is 24.4 Å². The average Bonchev–Trinajstić information content (AvgIpc) is 3.59. The van der Waals surface area contributed by atoms with Crippen molar-refractivity contribution < 1.29 is 18.7 Å². The fraction of sp³-hybridized carbons (Fsp3) is 0.429. The second-order valence-corrected chi connectivity index (χ2v) is 9.34. The summed E-state index contributed by atoms with van der Waals surface area (Å²) in [7, 11) is 0. The van der Waals surface area contributed by atoms with Crippen molar-refractivity contribution >= 4 is 5.91 Å². The van der Waals surface area contributed by atoms with Gasteiger partial charge in [0.15, 0.2) is 11.6 Å². The predicted octanol–water partition coefficient (Wildman–Crippen LogP) is 4.02. The van der Waals surface area contributed by atoms with Crippen molar-refractivity contribution in [2.75, 3.05) is 46.0 Å². The molecule has 1 saturated carbocycles. The lowest BCUT2D eigenvalue weighted by molar-refractivity contribution is -0.122. The minimum absolute atomic E-state index is 0.0614. The van der Waals surface area contributed by atoms with Crippen LogP contribution in [0.1, 0.15) is 31.2 Å². The minimum atomic E-state index is -0.417. The first-order valence-corrected chi connectivity index (χ1v) is 12.8. The van der Waals surface area contributed by atoms with Crippen LogP contribution in [-0.2, 0) is 9.53 Å². The van der Waals surface area contributed by atoms with E-state index in [1.807, 2.05) is 54.2 Å². The fourth-order valence-electron chi connectivity index (χ4n) is 4.82. The maximum atomic E-state index is 14.7. The number of morpholine rings is 1. The van der Waals surface area contributed by atoms with Gasteiger partial charge in [-0.1, -0.05) is 18.2 Å². The molecule has 0 bridgehead atoms. The number of nitrogens with zero attached hydrogens (tertiary/aromatic N) is 3. The lowest BCUT2D eigenvalue weighted by atomic mass is 10.0. The molecule has 190 valence electrons. The summed E-state index contributed by atoms with van der Waals surface area (Å²) in [4.78, 5) is 15.3. The Labute approximate surface area is 211 Å². The van der Waals surface area contributed by atoms with E-state index in [1.54, 1.807) is 6.07 Å². The number of rotatable bonds is 10. The van der Waals surface area contributed by atoms with E-state index in [2.05, 4.69) is 10.2 Å². The largest absolute Gasteiger partial charge is 0.491 e. The molecule has 2 heterocycles. The van der Waals surface area contributed by atoms with Crippen molar-refractivity contribution in [2.45, 2.75) is 25.7 Å². The summed E-state index contributed by atoms with van der Waals surface area (Å²) >= 11 is 0. The fourth-order valence-corrected chi connectivity index (χ4v) is 4.82. The van der Waals surface area contributed by atoms with E-state index in [9.17, 15) is 9.18 Å². The van der Waals surface area contributed by atoms with Gasteiger partial charge in [-0.25, -0.2) is 9.07 Å². The summed E-state index contributed by atoms with van der Waals surface area (Å²) in [5.74, 6) is -0.135. The molecular weight excluding hydrogens is 459 g/mol. The smallest absolute Gasteiger partial charge is 0.223 e. The molecule has 1 amide bonds. The highest BCUT2D eigenvalue weighted by Gasteiger charge is 2.46. The van der Waals surface area contributed by atoms with E-state index in [-0.39, 0.29) is 23.5 Å². The molecule has 2 aliphatic rings. The molecule has 1 aliphatic heterocycles. The summed E-state index contributed by atoms with van der Waals surface area (Å²) in [5.41, 5.74) is 3.27. The van der Waals surface area contributed by atoms with Gasteiger partial charge in [-0.2, -0.15) is 5.10 Å². The number of para-hydroxylation sites is 1. The third-order valence-electron chi connectivity index (χ3n) is 6.85. The van der Waals surface area contributed by atoms with Gasteiger partial charge in [0.25, 0.3) is 0 Å². The molecular formula is C28H33FN4O3. The van der Waals surface area contributed by atoms with Crippen LogP contribution in [0, 0.1) is 11.7 Å². The van der Waals surface area contributed by atoms with E-state index in [1.165, 1.54) is 6.07 Å². The normalized spacial score (nSPS) is 19.7. The zero-order valence-corrected chi connectivity index (χ0v) is 20.7. The van der Waals surface area contributed by atoms with Crippen LogP contribution >= 0.6 is 0 Å². The second kappa shape index (κ2) is 11.2. The van der Waals surface area contributed by atoms with E-state index in [0.717, 1.165) is 56.9 Å². The highest BCUT2D eigenvalue weighted by molar-refractivity contribution is 5.83. The molecule has 2 fully saturated rings. The van der Waals surface area contributed by atoms with Gasteiger partial charge in [-0.05, 0) is 62.6 Å². The van der Waals surface area contributed by atoms with Gasteiger partial charge in [0, 0.05) is 42.9 Å². The molecule has 0 spiro atoms. The Bertz CT molecular complexity index is 1180. The summed E-state index contributed by atoms with van der Waals surface area (Å²) in [6, 6.07) is 14.8. The SMILES string of the molecule is CCOc1ccc(-c2nn(-c3ccccc3)cc2C2CC2C(=O)NCCCN2CCOCC2)cc1F. The molecule has 1 aromatic heterocycles. The minimum Gasteiger partial charge on any atom is -0.491 e. The van der Waals surface area contributed by atoms with Crippen LogP contribution in [0.2, 0.25) is 0 Å². The number of aromatic nitrogens is 2. The molecule has 0 radical (unpaired) electrons. The first-order chi connectivity index (χ1) is 17.6. The van der Waals surface area contributed by atoms with Crippen LogP contribution in [0.5, 0.6) is 5.75 Å². The van der Waals surface area contributed by atoms with Gasteiger partial charge >= 0.3 is 0 Å². The zero-order chi connectivity index (χ0) is 24.9. The summed E-state index contributed by atoms with van der Waals surface area (Å²) in [5, 5.41) is 7.92. The van der Waals surface area contributed by atoms with E-state index in [4.69, 9.17) is 14.6 Å². The number of carbonyl (C=O) groups is 1. The number of amides is 1. The average molecular weight is 493 g/mol. The maximum Gasteiger partial charge on any atom is 0.223 e. The van der Waals surface area contributed by atoms with Crippen LogP contribution < -0.4 is 10.1 Å². The standard InChI is InChI=1S/C28H33FN4O3/c1-2-36-26-10-9-20(17-25(26)29)27-24(19-33(31-27)21-7-4-3-5-8-21)22-18-23(22)28(34)30-11-6-12-32-13-15-35-16-14-32/h3-5,7-10,17,19,22-23H,2,6,11-16,18H2,1H3,(H,30,34). The molecule has 2 atom stereocenters. The van der Waals surface area contributed by atoms with Gasteiger partial charge in [0.1, 0.15) is 0 Å². The van der Waals surface area contributed by atoms with Crippen molar-refractivity contribution in [2.24, 2.45) is 5.92 Å². The molecule has 1 aliphatic carbocycles. The Morgan fingerprint density at radius 3 is 2.75 bits per heavy atom. The van der Waals surface area contributed by atoms with Crippen molar-refractivity contribution in [1.82, 2.24) is 20.0 Å². The highest BCUT2D eigenvalue weighted by Crippen LogP contribution is 2.50. The number of halogens is 1. The quantitative estimate of drug-likeness (QED) is 0.433. The number of hydrogen-bond acceptors (Lipinski definition) is 5. The molecule has 36 heavy (non-hydrogen) atoms. The van der Waals surface area contributed by atoms with E-state index < -0.39 is 5.82 Å². The second-order valence-electron chi connectivity index (χ2n) is 9.34. The number of ether oxygens (including phenoxy) is 2. The van der Waals surface area contributed by atoms with Gasteiger partial charge < -0.3 is 14.8 Å². The third-order valence-corrected chi connectivity index (χ3v) is 6.85. The predicted molar refractivity (Wildman–Crippen MR) is 136 cm³/mol. The Hall–Kier alpha value is -3.23. The number of hydrogen-bond donors (Lipinski definition) is 1. The van der Waals surface area contributed by atoms with Gasteiger partial charge in [-0.3, -0.25) is 9.69 Å². The maximum absolute atomic E-state index is 14.7. The van der Waals surface area contributed by atoms with Crippen LogP contribution in [0.3, 0.4) is 0 Å². The Morgan fingerprint density at radius 2 is 2.00 bits per heavy atom. The van der Waals surface area contributed by atoms with E-state index >= 15 is 0 Å². The van der Waals surface area contributed by atoms with Crippen LogP contribution in [0.25, 0.3) is 16.9 Å². The Kier molecular flexibility index (Phi) is 7.63. The van der Waals surface area contributed by atoms with Crippen molar-refractivity contribution in [3.05, 3.63) is 66.1 Å². The molecule has 2 unspecified atom stereocenters. The molecule has 5 rings (SSSR count). The molecule has 8 heteroatoms. The monoisotopic (exact) mass is 492 g/mol. The van der Waals surface area contributed by atoms with Crippen molar-refractivity contribution in [3.8, 4) is 22.7 Å². The van der Waals surface area contributed by atoms with Gasteiger partial charge in [-0.15, -0.1) is 0 Å². The van der Waals surface area contributed by atoms with Crippen molar-refractivity contribution in [1.29, 1.82) is 0 Å². The topological polar surface area (TPSA) is 68.6 Å². The molecule has 3 aromatic rings. The van der Waals surface area contributed by atoms with Crippen molar-refractivity contribution in [3.63, 3.8) is 0 Å². The summed E-state index contributed by atoms with van der Waals surface area (Å²) in [6.07, 6.45) is 3.67. The van der Waals surface area contributed by atoms with Crippen LogP contribution in [0.15, 0.2) is 54.7 Å². The third kappa shape index (κ3) is 5.60. The lowest BCUT2D eigenvalue weighted by Crippen LogP contribution is -2.38. The highest BCUT2D eigenvalue weighted by atomic mass is 19.1. The number of benzene rings is 2. The lowest BCUT2D eigenvalue weighted by Gasteiger charge is -2.26. The van der Waals surface area contributed by atoms with Gasteiger partial charge in [0.05, 0.1) is 31.2 Å². The molecule has 7 nitrogen and oxygen atoms in total. The van der Waals surface area contributed by atoms with Crippen LogP contribution in [-0.4, -0.2) is 66.6 Å². The summed E-state index contributed by atoms with van der Waals surface area (Å²) < 4.78 is 27.2.